The minimum atomic E-state index is -0.0663. The fourth-order valence-corrected chi connectivity index (χ4v) is 5.41. The Morgan fingerprint density at radius 1 is 1.17 bits per heavy atom. The van der Waals surface area contributed by atoms with Crippen LogP contribution in [0.3, 0.4) is 0 Å². The summed E-state index contributed by atoms with van der Waals surface area (Å²) in [4.78, 5) is 35.5. The van der Waals surface area contributed by atoms with Crippen LogP contribution in [-0.4, -0.2) is 34.3 Å². The number of rotatable bonds is 6. The number of aryl methyl sites for hydroxylation is 2. The van der Waals surface area contributed by atoms with Gasteiger partial charge in [0.25, 0.3) is 5.56 Å². The molecule has 30 heavy (non-hydrogen) atoms. The lowest BCUT2D eigenvalue weighted by Gasteiger charge is -2.16. The van der Waals surface area contributed by atoms with Crippen LogP contribution in [0.2, 0.25) is 0 Å². The Hall–Kier alpha value is -2.31. The van der Waals surface area contributed by atoms with Gasteiger partial charge in [-0.3, -0.25) is 14.2 Å². The van der Waals surface area contributed by atoms with Gasteiger partial charge in [-0.05, 0) is 56.8 Å². The van der Waals surface area contributed by atoms with Crippen molar-refractivity contribution in [3.05, 3.63) is 62.0 Å². The largest absolute Gasteiger partial charge is 0.302 e. The number of carbonyl (C=O) groups excluding carboxylic acids is 1. The predicted octanol–water partition coefficient (Wildman–Crippen LogP) is 4.40. The molecular weight excluding hydrogens is 394 g/mol. The van der Waals surface area contributed by atoms with E-state index in [1.165, 1.54) is 16.9 Å². The van der Waals surface area contributed by atoms with Crippen molar-refractivity contribution < 1.29 is 4.79 Å². The number of Topliss-reactive ketones (excluding diaryl/α,β-unsaturated/α-hetero) is 1. The Labute approximate surface area is 181 Å². The molecule has 0 bridgehead atoms. The van der Waals surface area contributed by atoms with Crippen molar-refractivity contribution in [1.29, 1.82) is 0 Å². The minimum Gasteiger partial charge on any atom is -0.302 e. The second-order valence-corrected chi connectivity index (χ2v) is 9.83. The van der Waals surface area contributed by atoms with Crippen molar-refractivity contribution in [3.63, 3.8) is 0 Å². The third-order valence-corrected chi connectivity index (χ3v) is 7.00. The van der Waals surface area contributed by atoms with Crippen molar-refractivity contribution >= 4 is 27.3 Å². The van der Waals surface area contributed by atoms with Gasteiger partial charge < -0.3 is 4.90 Å². The number of nitrogens with zero attached hydrogens (tertiary/aromatic N) is 3. The predicted molar refractivity (Wildman–Crippen MR) is 123 cm³/mol. The summed E-state index contributed by atoms with van der Waals surface area (Å²) in [6, 6.07) is 7.73. The molecule has 2 aromatic heterocycles. The summed E-state index contributed by atoms with van der Waals surface area (Å²) in [5.74, 6) is 1.01. The molecule has 0 saturated carbocycles. The van der Waals surface area contributed by atoms with Crippen LogP contribution in [-0.2, 0) is 25.9 Å². The number of hydrogen-bond donors (Lipinski definition) is 0. The minimum absolute atomic E-state index is 0.0244. The smallest absolute Gasteiger partial charge is 0.263 e. The van der Waals surface area contributed by atoms with Gasteiger partial charge in [-0.1, -0.05) is 38.1 Å². The number of carbonyl (C=O) groups is 1. The molecule has 0 atom stereocenters. The zero-order valence-electron chi connectivity index (χ0n) is 18.2. The molecular formula is C24H29N3O2S. The maximum atomic E-state index is 13.5. The molecule has 0 fully saturated rings. The molecule has 3 aromatic rings. The van der Waals surface area contributed by atoms with Crippen LogP contribution in [0.15, 0.2) is 29.1 Å². The third-order valence-electron chi connectivity index (χ3n) is 5.81. The molecule has 1 aliphatic carbocycles. The zero-order chi connectivity index (χ0) is 21.4. The standard InChI is InChI=1S/C24H29N3O2S/c1-15(2)16-9-11-17(12-10-16)19(28)13-27-21(14-26(3)4)25-23-22(24(27)29)18-7-5-6-8-20(18)30-23/h9-12,15H,5-8,13-14H2,1-4H3. The second kappa shape index (κ2) is 8.44. The van der Waals surface area contributed by atoms with Gasteiger partial charge in [0.1, 0.15) is 10.7 Å². The summed E-state index contributed by atoms with van der Waals surface area (Å²) in [5.41, 5.74) is 2.93. The first-order chi connectivity index (χ1) is 14.3. The molecule has 2 heterocycles. The lowest BCUT2D eigenvalue weighted by Crippen LogP contribution is -2.31. The van der Waals surface area contributed by atoms with E-state index in [0.29, 0.717) is 23.9 Å². The molecule has 1 aliphatic rings. The normalized spacial score (nSPS) is 13.9. The van der Waals surface area contributed by atoms with E-state index in [9.17, 15) is 9.59 Å². The van der Waals surface area contributed by atoms with E-state index in [1.54, 1.807) is 15.9 Å². The summed E-state index contributed by atoms with van der Waals surface area (Å²) >= 11 is 1.66. The number of benzene rings is 1. The average molecular weight is 424 g/mol. The number of ketones is 1. The molecule has 0 amide bonds. The molecule has 0 unspecified atom stereocenters. The van der Waals surface area contributed by atoms with Crippen molar-refractivity contribution in [2.45, 2.75) is 58.5 Å². The molecule has 5 nitrogen and oxygen atoms in total. The van der Waals surface area contributed by atoms with Crippen LogP contribution in [0.25, 0.3) is 10.2 Å². The molecule has 0 radical (unpaired) electrons. The molecule has 1 aromatic carbocycles. The maximum absolute atomic E-state index is 13.5. The highest BCUT2D eigenvalue weighted by molar-refractivity contribution is 7.18. The highest BCUT2D eigenvalue weighted by Crippen LogP contribution is 2.33. The van der Waals surface area contributed by atoms with Gasteiger partial charge >= 0.3 is 0 Å². The maximum Gasteiger partial charge on any atom is 0.263 e. The van der Waals surface area contributed by atoms with Crippen LogP contribution >= 0.6 is 11.3 Å². The van der Waals surface area contributed by atoms with Gasteiger partial charge in [0.15, 0.2) is 5.78 Å². The lowest BCUT2D eigenvalue weighted by atomic mass is 9.97. The molecule has 158 valence electrons. The molecule has 0 saturated heterocycles. The Bertz CT molecular complexity index is 1140. The van der Waals surface area contributed by atoms with E-state index in [4.69, 9.17) is 4.98 Å². The highest BCUT2D eigenvalue weighted by Gasteiger charge is 2.23. The third kappa shape index (κ3) is 3.98. The van der Waals surface area contributed by atoms with E-state index < -0.39 is 0 Å². The first kappa shape index (κ1) is 20.9. The Morgan fingerprint density at radius 2 is 1.87 bits per heavy atom. The average Bonchev–Trinajstić information content (AvgIpc) is 3.08. The van der Waals surface area contributed by atoms with Crippen LogP contribution < -0.4 is 5.56 Å². The van der Waals surface area contributed by atoms with Gasteiger partial charge in [-0.15, -0.1) is 11.3 Å². The van der Waals surface area contributed by atoms with E-state index in [1.807, 2.05) is 43.3 Å². The molecule has 4 rings (SSSR count). The molecule has 6 heteroatoms. The Morgan fingerprint density at radius 3 is 2.53 bits per heavy atom. The fraction of sp³-hybridized carbons (Fsp3) is 0.458. The van der Waals surface area contributed by atoms with Crippen molar-refractivity contribution in [3.8, 4) is 0 Å². The summed E-state index contributed by atoms with van der Waals surface area (Å²) in [6.07, 6.45) is 4.24. The molecule has 0 N–H and O–H groups in total. The topological polar surface area (TPSA) is 55.2 Å². The summed E-state index contributed by atoms with van der Waals surface area (Å²) in [7, 11) is 3.90. The SMILES string of the molecule is CC(C)c1ccc(C(=O)Cn2c(CN(C)C)nc3sc4c(c3c2=O)CCCC4)cc1. The quantitative estimate of drug-likeness (QED) is 0.551. The van der Waals surface area contributed by atoms with E-state index in [2.05, 4.69) is 13.8 Å². The van der Waals surface area contributed by atoms with Gasteiger partial charge in [-0.25, -0.2) is 4.98 Å². The van der Waals surface area contributed by atoms with E-state index >= 15 is 0 Å². The number of thiophene rings is 1. The highest BCUT2D eigenvalue weighted by atomic mass is 32.1. The van der Waals surface area contributed by atoms with E-state index in [0.717, 1.165) is 35.0 Å². The van der Waals surface area contributed by atoms with Gasteiger partial charge in [-0.2, -0.15) is 0 Å². The van der Waals surface area contributed by atoms with Crippen molar-refractivity contribution in [2.24, 2.45) is 0 Å². The zero-order valence-corrected chi connectivity index (χ0v) is 19.0. The first-order valence-electron chi connectivity index (χ1n) is 10.7. The molecule has 0 aliphatic heterocycles. The Kier molecular flexibility index (Phi) is 5.89. The fourth-order valence-electron chi connectivity index (χ4n) is 4.14. The number of hydrogen-bond acceptors (Lipinski definition) is 5. The van der Waals surface area contributed by atoms with E-state index in [-0.39, 0.29) is 17.9 Å². The van der Waals surface area contributed by atoms with Gasteiger partial charge in [0.05, 0.1) is 18.5 Å². The van der Waals surface area contributed by atoms with Crippen LogP contribution in [0, 0.1) is 0 Å². The second-order valence-electron chi connectivity index (χ2n) is 8.75. The summed E-state index contributed by atoms with van der Waals surface area (Å²) < 4.78 is 1.60. The van der Waals surface area contributed by atoms with Crippen molar-refractivity contribution in [2.75, 3.05) is 14.1 Å². The van der Waals surface area contributed by atoms with Crippen LogP contribution in [0.5, 0.6) is 0 Å². The van der Waals surface area contributed by atoms with Crippen LogP contribution in [0.4, 0.5) is 0 Å². The van der Waals surface area contributed by atoms with Crippen molar-refractivity contribution in [1.82, 2.24) is 14.5 Å². The molecule has 0 spiro atoms. The Balaban J connectivity index is 1.76. The monoisotopic (exact) mass is 423 g/mol. The van der Waals surface area contributed by atoms with Gasteiger partial charge in [0.2, 0.25) is 0 Å². The first-order valence-corrected chi connectivity index (χ1v) is 11.5. The van der Waals surface area contributed by atoms with Gasteiger partial charge in [0, 0.05) is 10.4 Å². The summed E-state index contributed by atoms with van der Waals surface area (Å²) in [5, 5.41) is 0.736. The lowest BCUT2D eigenvalue weighted by molar-refractivity contribution is 0.0968. The summed E-state index contributed by atoms with van der Waals surface area (Å²) in [6.45, 7) is 4.81. The number of aromatic nitrogens is 2. The van der Waals surface area contributed by atoms with Crippen LogP contribution in [0.1, 0.15) is 64.8 Å². The number of fused-ring (bicyclic) bond motifs is 3.